The van der Waals surface area contributed by atoms with Crippen LogP contribution in [0.4, 0.5) is 0 Å². The number of likely N-dealkylation sites (N-methyl/N-ethyl adjacent to an activating group) is 1. The fourth-order valence-electron chi connectivity index (χ4n) is 1.69. The van der Waals surface area contributed by atoms with Crippen molar-refractivity contribution in [1.82, 2.24) is 4.90 Å². The van der Waals surface area contributed by atoms with Crippen LogP contribution in [0.5, 0.6) is 0 Å². The molecule has 2 rings (SSSR count). The van der Waals surface area contributed by atoms with Crippen LogP contribution in [0.2, 0.25) is 0 Å². The number of nitrogens with zero attached hydrogens (tertiary/aromatic N) is 1. The quantitative estimate of drug-likeness (QED) is 0.797. The van der Waals surface area contributed by atoms with Crippen LogP contribution in [0.3, 0.4) is 0 Å². The molecular weight excluding hydrogens is 196 g/mol. The summed E-state index contributed by atoms with van der Waals surface area (Å²) in [5.74, 6) is 0. The molecule has 2 unspecified atom stereocenters. The lowest BCUT2D eigenvalue weighted by Gasteiger charge is -2.33. The molecule has 14 heavy (non-hydrogen) atoms. The van der Waals surface area contributed by atoms with Crippen LogP contribution in [0, 0.1) is 0 Å². The van der Waals surface area contributed by atoms with E-state index in [-0.39, 0.29) is 12.1 Å². The maximum Gasteiger partial charge on any atom is 0.0902 e. The minimum atomic E-state index is 0.0257. The van der Waals surface area contributed by atoms with Crippen LogP contribution >= 0.6 is 11.3 Å². The molecule has 1 aliphatic heterocycles. The average Bonchev–Trinajstić information content (AvgIpc) is 2.69. The SMILES string of the molecule is CN1CCOC(C(N)c2cccs2)C1. The second-order valence-corrected chi connectivity index (χ2v) is 4.69. The predicted molar refractivity (Wildman–Crippen MR) is 58.5 cm³/mol. The Labute approximate surface area is 88.5 Å². The second-order valence-electron chi connectivity index (χ2n) is 3.71. The summed E-state index contributed by atoms with van der Waals surface area (Å²) in [5, 5.41) is 2.06. The molecule has 4 heteroatoms. The van der Waals surface area contributed by atoms with Gasteiger partial charge in [-0.3, -0.25) is 0 Å². The van der Waals surface area contributed by atoms with Gasteiger partial charge in [-0.15, -0.1) is 11.3 Å². The number of nitrogens with two attached hydrogens (primary N) is 1. The summed E-state index contributed by atoms with van der Waals surface area (Å²) in [6.07, 6.45) is 0.146. The van der Waals surface area contributed by atoms with Gasteiger partial charge < -0.3 is 15.4 Å². The van der Waals surface area contributed by atoms with Gasteiger partial charge in [-0.25, -0.2) is 0 Å². The number of rotatable bonds is 2. The third-order valence-corrected chi connectivity index (χ3v) is 3.54. The van der Waals surface area contributed by atoms with Gasteiger partial charge in [-0.2, -0.15) is 0 Å². The smallest absolute Gasteiger partial charge is 0.0902 e. The summed E-state index contributed by atoms with van der Waals surface area (Å²) in [4.78, 5) is 3.48. The van der Waals surface area contributed by atoms with Crippen molar-refractivity contribution in [3.63, 3.8) is 0 Å². The van der Waals surface area contributed by atoms with E-state index >= 15 is 0 Å². The number of morpholine rings is 1. The Hall–Kier alpha value is -0.420. The highest BCUT2D eigenvalue weighted by Gasteiger charge is 2.25. The lowest BCUT2D eigenvalue weighted by Crippen LogP contribution is -2.45. The van der Waals surface area contributed by atoms with E-state index in [4.69, 9.17) is 10.5 Å². The lowest BCUT2D eigenvalue weighted by atomic mass is 10.1. The molecule has 0 spiro atoms. The van der Waals surface area contributed by atoms with Crippen LogP contribution in [-0.4, -0.2) is 37.7 Å². The molecule has 3 nitrogen and oxygen atoms in total. The molecule has 78 valence electrons. The zero-order valence-electron chi connectivity index (χ0n) is 8.35. The highest BCUT2D eigenvalue weighted by molar-refractivity contribution is 7.10. The molecule has 0 saturated carbocycles. The maximum absolute atomic E-state index is 6.14. The molecule has 1 fully saturated rings. The van der Waals surface area contributed by atoms with E-state index in [1.54, 1.807) is 11.3 Å². The van der Waals surface area contributed by atoms with Gasteiger partial charge in [-0.1, -0.05) is 6.07 Å². The maximum atomic E-state index is 6.14. The number of thiophene rings is 1. The molecule has 0 aromatic carbocycles. The summed E-state index contributed by atoms with van der Waals surface area (Å²) >= 11 is 1.70. The Bertz CT molecular complexity index is 276. The van der Waals surface area contributed by atoms with Gasteiger partial charge >= 0.3 is 0 Å². The Morgan fingerprint density at radius 3 is 3.21 bits per heavy atom. The van der Waals surface area contributed by atoms with Gasteiger partial charge in [0.2, 0.25) is 0 Å². The van der Waals surface area contributed by atoms with Crippen LogP contribution in [-0.2, 0) is 4.74 Å². The summed E-state index contributed by atoms with van der Waals surface area (Å²) in [7, 11) is 2.11. The van der Waals surface area contributed by atoms with Crippen molar-refractivity contribution in [2.75, 3.05) is 26.7 Å². The van der Waals surface area contributed by atoms with E-state index in [0.29, 0.717) is 0 Å². The average molecular weight is 212 g/mol. The minimum Gasteiger partial charge on any atom is -0.374 e. The van der Waals surface area contributed by atoms with Gasteiger partial charge in [0.25, 0.3) is 0 Å². The van der Waals surface area contributed by atoms with Gasteiger partial charge in [-0.05, 0) is 18.5 Å². The molecule has 1 aromatic rings. The van der Waals surface area contributed by atoms with Crippen molar-refractivity contribution in [2.45, 2.75) is 12.1 Å². The van der Waals surface area contributed by atoms with Crippen molar-refractivity contribution in [3.8, 4) is 0 Å². The van der Waals surface area contributed by atoms with Crippen LogP contribution < -0.4 is 5.73 Å². The molecule has 0 aliphatic carbocycles. The van der Waals surface area contributed by atoms with Crippen LogP contribution in [0.25, 0.3) is 0 Å². The third-order valence-electron chi connectivity index (χ3n) is 2.57. The minimum absolute atomic E-state index is 0.0257. The summed E-state index contributed by atoms with van der Waals surface area (Å²) < 4.78 is 5.67. The first-order valence-corrected chi connectivity index (χ1v) is 5.74. The topological polar surface area (TPSA) is 38.5 Å². The number of hydrogen-bond acceptors (Lipinski definition) is 4. The fraction of sp³-hybridized carbons (Fsp3) is 0.600. The molecule has 2 heterocycles. The van der Waals surface area contributed by atoms with Crippen molar-refractivity contribution in [1.29, 1.82) is 0 Å². The first kappa shape index (κ1) is 10.1. The molecule has 1 aliphatic rings. The molecule has 0 bridgehead atoms. The largest absolute Gasteiger partial charge is 0.374 e. The summed E-state index contributed by atoms with van der Waals surface area (Å²) in [6, 6.07) is 4.14. The summed E-state index contributed by atoms with van der Waals surface area (Å²) in [5.41, 5.74) is 6.14. The Morgan fingerprint density at radius 1 is 1.71 bits per heavy atom. The van der Waals surface area contributed by atoms with Crippen molar-refractivity contribution in [3.05, 3.63) is 22.4 Å². The van der Waals surface area contributed by atoms with Gasteiger partial charge in [0, 0.05) is 18.0 Å². The Balaban J connectivity index is 2.00. The molecule has 0 amide bonds. The van der Waals surface area contributed by atoms with Gasteiger partial charge in [0.1, 0.15) is 0 Å². The molecule has 0 radical (unpaired) electrons. The zero-order valence-corrected chi connectivity index (χ0v) is 9.17. The van der Waals surface area contributed by atoms with E-state index in [0.717, 1.165) is 19.7 Å². The van der Waals surface area contributed by atoms with Crippen LogP contribution in [0.1, 0.15) is 10.9 Å². The first-order chi connectivity index (χ1) is 6.77. The highest BCUT2D eigenvalue weighted by atomic mass is 32.1. The van der Waals surface area contributed by atoms with Crippen molar-refractivity contribution >= 4 is 11.3 Å². The number of hydrogen-bond donors (Lipinski definition) is 1. The normalized spacial score (nSPS) is 26.3. The van der Waals surface area contributed by atoms with E-state index in [2.05, 4.69) is 23.4 Å². The van der Waals surface area contributed by atoms with E-state index in [1.807, 2.05) is 6.07 Å². The van der Waals surface area contributed by atoms with E-state index in [1.165, 1.54) is 4.88 Å². The molecular formula is C10H16N2OS. The summed E-state index contributed by atoms with van der Waals surface area (Å²) in [6.45, 7) is 2.73. The highest BCUT2D eigenvalue weighted by Crippen LogP contribution is 2.23. The third kappa shape index (κ3) is 2.15. The Kier molecular flexibility index (Phi) is 3.18. The Morgan fingerprint density at radius 2 is 2.57 bits per heavy atom. The molecule has 1 aromatic heterocycles. The standard InChI is InChI=1S/C10H16N2OS/c1-12-4-5-13-8(7-12)10(11)9-3-2-6-14-9/h2-3,6,8,10H,4-5,7,11H2,1H3. The van der Waals surface area contributed by atoms with Crippen molar-refractivity contribution in [2.24, 2.45) is 5.73 Å². The molecule has 2 N–H and O–H groups in total. The predicted octanol–water partition coefficient (Wildman–Crippen LogP) is 1.08. The molecule has 1 saturated heterocycles. The zero-order chi connectivity index (χ0) is 9.97. The first-order valence-electron chi connectivity index (χ1n) is 4.86. The number of ether oxygens (including phenoxy) is 1. The fourth-order valence-corrected chi connectivity index (χ4v) is 2.47. The van der Waals surface area contributed by atoms with Crippen molar-refractivity contribution < 1.29 is 4.74 Å². The van der Waals surface area contributed by atoms with Gasteiger partial charge in [0.15, 0.2) is 0 Å². The van der Waals surface area contributed by atoms with E-state index < -0.39 is 0 Å². The monoisotopic (exact) mass is 212 g/mol. The second kappa shape index (κ2) is 4.40. The molecule has 2 atom stereocenters. The van der Waals surface area contributed by atoms with Crippen LogP contribution in [0.15, 0.2) is 17.5 Å². The van der Waals surface area contributed by atoms with E-state index in [9.17, 15) is 0 Å². The van der Waals surface area contributed by atoms with Gasteiger partial charge in [0.05, 0.1) is 18.8 Å². The lowest BCUT2D eigenvalue weighted by molar-refractivity contribution is -0.0320.